The molecule has 55 heavy (non-hydrogen) atoms. The second-order valence-electron chi connectivity index (χ2n) is 13.8. The maximum absolute atomic E-state index is 4.93. The Morgan fingerprint density at radius 3 is 1.71 bits per heavy atom. The number of rotatable bonds is 7. The average Bonchev–Trinajstić information content (AvgIpc) is 3.63. The summed E-state index contributed by atoms with van der Waals surface area (Å²) < 4.78 is 2.54. The van der Waals surface area contributed by atoms with Crippen molar-refractivity contribution in [2.24, 2.45) is 4.99 Å². The van der Waals surface area contributed by atoms with Gasteiger partial charge in [0, 0.05) is 48.2 Å². The second-order valence-corrected chi connectivity index (χ2v) is 15.2. The highest BCUT2D eigenvalue weighted by atomic mass is 32.1. The van der Waals surface area contributed by atoms with Gasteiger partial charge in [-0.1, -0.05) is 140 Å². The maximum Gasteiger partial charge on any atom is 0.102 e. The van der Waals surface area contributed by atoms with Crippen molar-refractivity contribution >= 4 is 93.5 Å². The van der Waals surface area contributed by atoms with Crippen LogP contribution in [-0.4, -0.2) is 5.04 Å². The van der Waals surface area contributed by atoms with Crippen LogP contribution in [0.3, 0.4) is 0 Å². The van der Waals surface area contributed by atoms with E-state index in [9.17, 15) is 0 Å². The van der Waals surface area contributed by atoms with Crippen LogP contribution in [0.4, 0.5) is 22.7 Å². The molecule has 2 nitrogen and oxygen atoms in total. The van der Waals surface area contributed by atoms with Crippen molar-refractivity contribution in [1.29, 1.82) is 0 Å². The summed E-state index contributed by atoms with van der Waals surface area (Å²) in [5.74, 6) is 0. The minimum Gasteiger partial charge on any atom is -0.310 e. The normalized spacial score (nSPS) is 11.8. The van der Waals surface area contributed by atoms with Crippen LogP contribution >= 0.6 is 24.0 Å². The molecular weight excluding hydrogens is 705 g/mol. The molecule has 1 heterocycles. The van der Waals surface area contributed by atoms with Gasteiger partial charge in [-0.3, -0.25) is 0 Å². The highest BCUT2D eigenvalue weighted by Crippen LogP contribution is 2.43. The first-order chi connectivity index (χ1) is 27.2. The Kier molecular flexibility index (Phi) is 8.48. The van der Waals surface area contributed by atoms with Crippen molar-refractivity contribution in [1.82, 2.24) is 0 Å². The van der Waals surface area contributed by atoms with Crippen molar-refractivity contribution in [3.8, 4) is 22.3 Å². The lowest BCUT2D eigenvalue weighted by Gasteiger charge is -2.26. The molecule has 0 N–H and O–H groups in total. The quantitative estimate of drug-likeness (QED) is 0.0978. The molecule has 0 atom stereocenters. The minimum absolute atomic E-state index is 0.713. The summed E-state index contributed by atoms with van der Waals surface area (Å²) in [7, 11) is 0. The highest BCUT2D eigenvalue weighted by molar-refractivity contribution is 7.97. The van der Waals surface area contributed by atoms with Crippen LogP contribution in [0, 0.1) is 0 Å². The van der Waals surface area contributed by atoms with Crippen LogP contribution in [-0.2, 0) is 0 Å². The molecule has 0 amide bonds. The fourth-order valence-corrected chi connectivity index (χ4v) is 9.21. The average molecular weight is 739 g/mol. The molecule has 0 unspecified atom stereocenters. The molecule has 4 heteroatoms. The Bertz CT molecular complexity index is 3020. The zero-order valence-corrected chi connectivity index (χ0v) is 31.5. The van der Waals surface area contributed by atoms with Gasteiger partial charge in [-0.25, -0.2) is 4.99 Å². The van der Waals surface area contributed by atoms with Crippen LogP contribution < -0.4 is 4.90 Å². The molecule has 1 aromatic heterocycles. The molecule has 0 aliphatic carbocycles. The van der Waals surface area contributed by atoms with Gasteiger partial charge >= 0.3 is 0 Å². The van der Waals surface area contributed by atoms with Crippen molar-refractivity contribution < 1.29 is 0 Å². The number of nitrogens with zero attached hydrogens (tertiary/aromatic N) is 2. The molecule has 260 valence electrons. The van der Waals surface area contributed by atoms with Gasteiger partial charge in [-0.15, -0.1) is 24.0 Å². The first kappa shape index (κ1) is 33.1. The minimum atomic E-state index is 0.713. The van der Waals surface area contributed by atoms with Crippen molar-refractivity contribution in [3.63, 3.8) is 0 Å². The van der Waals surface area contributed by atoms with E-state index < -0.39 is 0 Å². The molecule has 10 rings (SSSR count). The Morgan fingerprint density at radius 1 is 0.418 bits per heavy atom. The number of aliphatic imine (C=N–C) groups is 1. The van der Waals surface area contributed by atoms with Gasteiger partial charge in [0.05, 0.1) is 5.69 Å². The fourth-order valence-electron chi connectivity index (χ4n) is 7.65. The summed E-state index contributed by atoms with van der Waals surface area (Å²) in [6, 6.07) is 71.4. The monoisotopic (exact) mass is 738 g/mol. The molecular formula is C51H34N2S2. The molecule has 10 aromatic rings. The lowest BCUT2D eigenvalue weighted by Crippen LogP contribution is -2.09. The first-order valence-electron chi connectivity index (χ1n) is 18.4. The molecule has 0 radical (unpaired) electrons. The summed E-state index contributed by atoms with van der Waals surface area (Å²) in [6.07, 6.45) is 0. The number of benzene rings is 9. The standard InChI is InChI=1S/C51H34N2S2/c54-51(52-40-15-5-2-6-16-40)48-33-47-45-30-24-39(32-49(45)55-50(47)46-18-10-9-17-44(46)48)37-21-27-42(28-22-37)53(43-29-23-35-13-7-8-14-38(35)31-43)41-25-19-36(20-26-41)34-11-3-1-4-12-34/h1-33H,(H,52,54). The van der Waals surface area contributed by atoms with E-state index in [-0.39, 0.29) is 0 Å². The Morgan fingerprint density at radius 2 is 0.982 bits per heavy atom. The highest BCUT2D eigenvalue weighted by Gasteiger charge is 2.17. The molecule has 0 bridgehead atoms. The van der Waals surface area contributed by atoms with E-state index in [1.54, 1.807) is 0 Å². The number of fused-ring (bicyclic) bond motifs is 6. The van der Waals surface area contributed by atoms with Crippen LogP contribution in [0.5, 0.6) is 0 Å². The van der Waals surface area contributed by atoms with E-state index in [4.69, 9.17) is 17.6 Å². The number of para-hydroxylation sites is 1. The molecule has 0 aliphatic heterocycles. The van der Waals surface area contributed by atoms with Gasteiger partial charge in [0.15, 0.2) is 0 Å². The van der Waals surface area contributed by atoms with E-state index in [1.165, 1.54) is 58.6 Å². The summed E-state index contributed by atoms with van der Waals surface area (Å²) in [4.78, 5) is 7.22. The fraction of sp³-hybridized carbons (Fsp3) is 0. The molecule has 0 aliphatic rings. The van der Waals surface area contributed by atoms with E-state index >= 15 is 0 Å². The third-order valence-corrected chi connectivity index (χ3v) is 11.9. The Labute approximate surface area is 329 Å². The summed E-state index contributed by atoms with van der Waals surface area (Å²) in [5.41, 5.74) is 10.1. The van der Waals surface area contributed by atoms with Crippen LogP contribution in [0.2, 0.25) is 0 Å². The van der Waals surface area contributed by atoms with Gasteiger partial charge in [-0.2, -0.15) is 0 Å². The van der Waals surface area contributed by atoms with E-state index in [1.807, 2.05) is 41.7 Å². The van der Waals surface area contributed by atoms with Crippen molar-refractivity contribution in [2.75, 3.05) is 4.90 Å². The predicted octanol–water partition coefficient (Wildman–Crippen LogP) is 15.2. The van der Waals surface area contributed by atoms with Crippen LogP contribution in [0.25, 0.3) is 64.0 Å². The van der Waals surface area contributed by atoms with E-state index in [2.05, 4.69) is 175 Å². The zero-order valence-electron chi connectivity index (χ0n) is 29.8. The van der Waals surface area contributed by atoms with Gasteiger partial charge in [-0.05, 0) is 99.1 Å². The molecule has 0 saturated carbocycles. The van der Waals surface area contributed by atoms with Gasteiger partial charge < -0.3 is 4.90 Å². The lowest BCUT2D eigenvalue weighted by atomic mass is 9.99. The number of hydrogen-bond donors (Lipinski definition) is 1. The third kappa shape index (κ3) is 6.26. The van der Waals surface area contributed by atoms with Crippen molar-refractivity contribution in [3.05, 3.63) is 206 Å². The lowest BCUT2D eigenvalue weighted by molar-refractivity contribution is 1.29. The largest absolute Gasteiger partial charge is 0.310 e. The second kappa shape index (κ2) is 14.1. The van der Waals surface area contributed by atoms with E-state index in [0.29, 0.717) is 5.04 Å². The van der Waals surface area contributed by atoms with E-state index in [0.717, 1.165) is 33.7 Å². The van der Waals surface area contributed by atoms with Crippen LogP contribution in [0.1, 0.15) is 5.56 Å². The van der Waals surface area contributed by atoms with Gasteiger partial charge in [0.1, 0.15) is 5.04 Å². The summed E-state index contributed by atoms with van der Waals surface area (Å²) in [5, 5.41) is 8.02. The maximum atomic E-state index is 4.93. The van der Waals surface area contributed by atoms with Gasteiger partial charge in [0.2, 0.25) is 0 Å². The zero-order chi connectivity index (χ0) is 36.7. The number of thiophene rings is 1. The first-order valence-corrected chi connectivity index (χ1v) is 19.7. The Balaban J connectivity index is 1.03. The summed E-state index contributed by atoms with van der Waals surface area (Å²) in [6.45, 7) is 0. The molecule has 0 saturated heterocycles. The number of anilines is 3. The number of hydrogen-bond acceptors (Lipinski definition) is 3. The van der Waals surface area contributed by atoms with Crippen LogP contribution in [0.15, 0.2) is 205 Å². The smallest absolute Gasteiger partial charge is 0.102 e. The third-order valence-electron chi connectivity index (χ3n) is 10.4. The Hall–Kier alpha value is -6.46. The molecule has 9 aromatic carbocycles. The molecule has 0 spiro atoms. The SMILES string of the molecule is S/C(=N\c1ccccc1)c1cc2c3ccc(-c4ccc(N(c5ccc(-c6ccccc6)cc5)c5ccc6ccccc6c5)cc4)cc3sc2c2ccccc12. The predicted molar refractivity (Wildman–Crippen MR) is 242 cm³/mol. The topological polar surface area (TPSA) is 15.6 Å². The van der Waals surface area contributed by atoms with Crippen molar-refractivity contribution in [2.45, 2.75) is 0 Å². The van der Waals surface area contributed by atoms with Gasteiger partial charge in [0.25, 0.3) is 0 Å². The number of thiol groups is 1. The summed E-state index contributed by atoms with van der Waals surface area (Å²) >= 11 is 6.78. The molecule has 0 fully saturated rings.